The standard InChI is InChI=1S/C24H34N2O4S/c1-6-18-10-11-19(7-2)20(16-18)17-25-24(27)23(8-3)26(31(5,28)29)21-12-14-22(15-13-21)30-9-4/h10-16,23H,6-9,17H2,1-5H3,(H,25,27). The quantitative estimate of drug-likeness (QED) is 0.565. The van der Waals surface area contributed by atoms with Crippen molar-refractivity contribution in [2.45, 2.75) is 59.5 Å². The fourth-order valence-corrected chi connectivity index (χ4v) is 4.84. The van der Waals surface area contributed by atoms with E-state index in [4.69, 9.17) is 4.74 Å². The van der Waals surface area contributed by atoms with E-state index in [-0.39, 0.29) is 5.91 Å². The minimum absolute atomic E-state index is 0.314. The number of ether oxygens (including phenoxy) is 1. The number of hydrogen-bond acceptors (Lipinski definition) is 4. The van der Waals surface area contributed by atoms with Gasteiger partial charge in [0.15, 0.2) is 0 Å². The largest absolute Gasteiger partial charge is 0.494 e. The van der Waals surface area contributed by atoms with Gasteiger partial charge < -0.3 is 10.1 Å². The Morgan fingerprint density at radius 3 is 2.19 bits per heavy atom. The van der Waals surface area contributed by atoms with Gasteiger partial charge >= 0.3 is 0 Å². The highest BCUT2D eigenvalue weighted by atomic mass is 32.2. The van der Waals surface area contributed by atoms with E-state index in [0.29, 0.717) is 31.0 Å². The molecule has 0 bridgehead atoms. The zero-order valence-corrected chi connectivity index (χ0v) is 20.0. The van der Waals surface area contributed by atoms with Crippen LogP contribution in [-0.2, 0) is 34.2 Å². The highest BCUT2D eigenvalue weighted by Gasteiger charge is 2.31. The minimum Gasteiger partial charge on any atom is -0.494 e. The van der Waals surface area contributed by atoms with Gasteiger partial charge in [-0.2, -0.15) is 0 Å². The van der Waals surface area contributed by atoms with Gasteiger partial charge in [-0.05, 0) is 67.1 Å². The number of aryl methyl sites for hydroxylation is 2. The molecule has 0 spiro atoms. The monoisotopic (exact) mass is 446 g/mol. The molecule has 0 saturated carbocycles. The lowest BCUT2D eigenvalue weighted by Gasteiger charge is -2.30. The summed E-state index contributed by atoms with van der Waals surface area (Å²) in [5, 5.41) is 2.96. The van der Waals surface area contributed by atoms with E-state index < -0.39 is 16.1 Å². The van der Waals surface area contributed by atoms with Crippen LogP contribution < -0.4 is 14.4 Å². The lowest BCUT2D eigenvalue weighted by molar-refractivity contribution is -0.122. The number of rotatable bonds is 11. The SMILES string of the molecule is CCOc1ccc(N(C(CC)C(=O)NCc2cc(CC)ccc2CC)S(C)(=O)=O)cc1. The van der Waals surface area contributed by atoms with Gasteiger partial charge in [-0.3, -0.25) is 9.10 Å². The van der Waals surface area contributed by atoms with Crippen molar-refractivity contribution in [1.82, 2.24) is 5.32 Å². The van der Waals surface area contributed by atoms with Crippen LogP contribution in [0.5, 0.6) is 5.75 Å². The van der Waals surface area contributed by atoms with Gasteiger partial charge in [0.25, 0.3) is 0 Å². The fourth-order valence-electron chi connectivity index (χ4n) is 3.63. The lowest BCUT2D eigenvalue weighted by Crippen LogP contribution is -2.49. The average Bonchev–Trinajstić information content (AvgIpc) is 2.75. The Kier molecular flexibility index (Phi) is 8.92. The molecule has 0 aliphatic heterocycles. The van der Waals surface area contributed by atoms with Crippen molar-refractivity contribution in [1.29, 1.82) is 0 Å². The molecule has 0 aliphatic rings. The minimum atomic E-state index is -3.67. The van der Waals surface area contributed by atoms with Crippen molar-refractivity contribution in [2.75, 3.05) is 17.2 Å². The summed E-state index contributed by atoms with van der Waals surface area (Å²) in [4.78, 5) is 13.1. The molecule has 0 saturated heterocycles. The Balaban J connectivity index is 2.27. The molecule has 0 radical (unpaired) electrons. The Labute approximate surface area is 186 Å². The van der Waals surface area contributed by atoms with E-state index in [1.807, 2.05) is 13.8 Å². The maximum atomic E-state index is 13.1. The van der Waals surface area contributed by atoms with Crippen LogP contribution in [0.25, 0.3) is 0 Å². The van der Waals surface area contributed by atoms with Crippen LogP contribution in [0.15, 0.2) is 42.5 Å². The number of sulfonamides is 1. The Morgan fingerprint density at radius 1 is 1.00 bits per heavy atom. The van der Waals surface area contributed by atoms with Crippen LogP contribution in [-0.4, -0.2) is 33.2 Å². The van der Waals surface area contributed by atoms with Gasteiger partial charge in [-0.25, -0.2) is 8.42 Å². The van der Waals surface area contributed by atoms with Crippen LogP contribution in [0.1, 0.15) is 50.8 Å². The van der Waals surface area contributed by atoms with E-state index in [9.17, 15) is 13.2 Å². The number of carbonyl (C=O) groups is 1. The van der Waals surface area contributed by atoms with Crippen molar-refractivity contribution >= 4 is 21.6 Å². The first-order chi connectivity index (χ1) is 14.7. The number of carbonyl (C=O) groups excluding carboxylic acids is 1. The molecule has 0 aliphatic carbocycles. The summed E-state index contributed by atoms with van der Waals surface area (Å²) < 4.78 is 31.9. The number of nitrogens with zero attached hydrogens (tertiary/aromatic N) is 1. The molecule has 31 heavy (non-hydrogen) atoms. The molecule has 0 aromatic heterocycles. The summed E-state index contributed by atoms with van der Waals surface area (Å²) in [6.45, 7) is 8.76. The summed E-state index contributed by atoms with van der Waals surface area (Å²) >= 11 is 0. The molecule has 2 aromatic rings. The first-order valence-electron chi connectivity index (χ1n) is 10.9. The maximum Gasteiger partial charge on any atom is 0.244 e. The normalized spacial score (nSPS) is 12.3. The Morgan fingerprint density at radius 2 is 1.68 bits per heavy atom. The van der Waals surface area contributed by atoms with E-state index in [1.165, 1.54) is 15.4 Å². The van der Waals surface area contributed by atoms with Crippen LogP contribution in [0.4, 0.5) is 5.69 Å². The van der Waals surface area contributed by atoms with E-state index >= 15 is 0 Å². The number of anilines is 1. The highest BCUT2D eigenvalue weighted by molar-refractivity contribution is 7.92. The number of hydrogen-bond donors (Lipinski definition) is 1. The molecule has 1 N–H and O–H groups in total. The summed E-state index contributed by atoms with van der Waals surface area (Å²) in [5.74, 6) is 0.339. The smallest absolute Gasteiger partial charge is 0.244 e. The van der Waals surface area contributed by atoms with Crippen molar-refractivity contribution in [3.05, 3.63) is 59.2 Å². The van der Waals surface area contributed by atoms with Crippen molar-refractivity contribution in [2.24, 2.45) is 0 Å². The maximum absolute atomic E-state index is 13.1. The number of amides is 1. The Bertz CT molecular complexity index is 972. The molecular weight excluding hydrogens is 412 g/mol. The molecule has 0 fully saturated rings. The Hall–Kier alpha value is -2.54. The second-order valence-electron chi connectivity index (χ2n) is 7.44. The molecule has 1 amide bonds. The van der Waals surface area contributed by atoms with Crippen molar-refractivity contribution in [3.63, 3.8) is 0 Å². The zero-order valence-electron chi connectivity index (χ0n) is 19.1. The van der Waals surface area contributed by atoms with Crippen LogP contribution in [0.2, 0.25) is 0 Å². The highest BCUT2D eigenvalue weighted by Crippen LogP contribution is 2.25. The van der Waals surface area contributed by atoms with Gasteiger partial charge in [-0.1, -0.05) is 39.0 Å². The summed E-state index contributed by atoms with van der Waals surface area (Å²) in [6, 6.07) is 12.2. The van der Waals surface area contributed by atoms with Gasteiger partial charge in [0, 0.05) is 6.54 Å². The van der Waals surface area contributed by atoms with E-state index in [1.54, 1.807) is 24.3 Å². The predicted octanol–water partition coefficient (Wildman–Crippen LogP) is 4.07. The third-order valence-electron chi connectivity index (χ3n) is 5.24. The van der Waals surface area contributed by atoms with E-state index in [2.05, 4.69) is 37.4 Å². The summed E-state index contributed by atoms with van der Waals surface area (Å²) in [5.41, 5.74) is 3.89. The number of nitrogens with one attached hydrogen (secondary N) is 1. The first-order valence-corrected chi connectivity index (χ1v) is 12.7. The molecule has 1 atom stereocenters. The van der Waals surface area contributed by atoms with Crippen LogP contribution >= 0.6 is 0 Å². The van der Waals surface area contributed by atoms with Crippen LogP contribution in [0, 0.1) is 0 Å². The summed E-state index contributed by atoms with van der Waals surface area (Å²) in [6.07, 6.45) is 3.26. The van der Waals surface area contributed by atoms with Crippen molar-refractivity contribution < 1.29 is 17.9 Å². The molecular formula is C24H34N2O4S. The molecule has 0 heterocycles. The molecule has 1 unspecified atom stereocenters. The number of benzene rings is 2. The third-order valence-corrected chi connectivity index (χ3v) is 6.42. The summed E-state index contributed by atoms with van der Waals surface area (Å²) in [7, 11) is -3.67. The lowest BCUT2D eigenvalue weighted by atomic mass is 10.0. The fraction of sp³-hybridized carbons (Fsp3) is 0.458. The first kappa shape index (κ1) is 24.7. The molecule has 7 heteroatoms. The van der Waals surface area contributed by atoms with E-state index in [0.717, 1.165) is 24.7 Å². The van der Waals surface area contributed by atoms with Gasteiger partial charge in [0.05, 0.1) is 18.6 Å². The molecule has 2 aromatic carbocycles. The second-order valence-corrected chi connectivity index (χ2v) is 9.30. The van der Waals surface area contributed by atoms with Gasteiger partial charge in [0.1, 0.15) is 11.8 Å². The molecule has 6 nitrogen and oxygen atoms in total. The zero-order chi connectivity index (χ0) is 23.0. The molecule has 170 valence electrons. The third kappa shape index (κ3) is 6.47. The molecule has 2 rings (SSSR count). The average molecular weight is 447 g/mol. The van der Waals surface area contributed by atoms with Crippen LogP contribution in [0.3, 0.4) is 0 Å². The second kappa shape index (κ2) is 11.2. The van der Waals surface area contributed by atoms with Gasteiger partial charge in [-0.15, -0.1) is 0 Å². The topological polar surface area (TPSA) is 75.7 Å². The predicted molar refractivity (Wildman–Crippen MR) is 126 cm³/mol. The van der Waals surface area contributed by atoms with Gasteiger partial charge in [0.2, 0.25) is 15.9 Å². The van der Waals surface area contributed by atoms with Crippen molar-refractivity contribution in [3.8, 4) is 5.75 Å².